The third kappa shape index (κ3) is 7.08. The number of aromatic hydroxyl groups is 2. The number of imide groups is 1. The number of hydrazine groups is 1. The van der Waals surface area contributed by atoms with E-state index >= 15 is 0 Å². The number of thiol groups is 1. The third-order valence-corrected chi connectivity index (χ3v) is 5.43. The van der Waals surface area contributed by atoms with Gasteiger partial charge >= 0.3 is 0 Å². The molecule has 1 atom stereocenters. The molecule has 1 fully saturated rings. The first-order chi connectivity index (χ1) is 16.4. The number of carbonyl (C=O) groups is 2. The summed E-state index contributed by atoms with van der Waals surface area (Å²) < 4.78 is 1.22. The lowest BCUT2D eigenvalue weighted by Gasteiger charge is -2.14. The summed E-state index contributed by atoms with van der Waals surface area (Å²) in [6.45, 7) is 0. The van der Waals surface area contributed by atoms with Gasteiger partial charge in [0.05, 0.1) is 29.0 Å². The molecule has 0 aliphatic carbocycles. The summed E-state index contributed by atoms with van der Waals surface area (Å²) >= 11 is 4.91. The predicted octanol–water partition coefficient (Wildman–Crippen LogP) is 3.28. The summed E-state index contributed by atoms with van der Waals surface area (Å²) in [6, 6.07) is 9.11. The molecule has 0 bridgehead atoms. The van der Waals surface area contributed by atoms with Gasteiger partial charge < -0.3 is 15.6 Å². The van der Waals surface area contributed by atoms with Crippen molar-refractivity contribution >= 4 is 65.9 Å². The second kappa shape index (κ2) is 14.2. The van der Waals surface area contributed by atoms with E-state index in [1.165, 1.54) is 51.8 Å². The fourth-order valence-electron chi connectivity index (χ4n) is 2.92. The summed E-state index contributed by atoms with van der Waals surface area (Å²) in [5, 5.41) is 21.7. The first-order valence-corrected chi connectivity index (χ1v) is 11.8. The van der Waals surface area contributed by atoms with Gasteiger partial charge in [0.25, 0.3) is 0 Å². The monoisotopic (exact) mass is 540 g/mol. The van der Waals surface area contributed by atoms with Crippen LogP contribution in [-0.4, -0.2) is 54.3 Å². The summed E-state index contributed by atoms with van der Waals surface area (Å²) in [4.78, 5) is 32.6. The molecule has 4 heterocycles. The lowest BCUT2D eigenvalue weighted by Crippen LogP contribution is -2.31. The van der Waals surface area contributed by atoms with E-state index in [0.29, 0.717) is 17.2 Å². The van der Waals surface area contributed by atoms with E-state index in [0.717, 1.165) is 0 Å². The molecule has 0 spiro atoms. The van der Waals surface area contributed by atoms with Crippen molar-refractivity contribution in [2.45, 2.75) is 11.7 Å². The fourth-order valence-corrected chi connectivity index (χ4v) is 3.54. The summed E-state index contributed by atoms with van der Waals surface area (Å²) in [5.74, 6) is 5.41. The lowest BCUT2D eigenvalue weighted by molar-refractivity contribution is -0.121. The Balaban J connectivity index is 0.000000320. The SMILES string of the molecule is CS.CSC1CC(=O)N(c2ccc(NN)nc2)C1=O.Cl.N=Nc1ccc(-n2c(O)ccc2O)cn1. The van der Waals surface area contributed by atoms with E-state index in [1.54, 1.807) is 24.5 Å². The van der Waals surface area contributed by atoms with Crippen LogP contribution in [0.5, 0.6) is 11.8 Å². The minimum absolute atomic E-state index is 0. The number of nitrogens with zero attached hydrogens (tertiary/aromatic N) is 5. The molecule has 3 aromatic rings. The predicted molar refractivity (Wildman–Crippen MR) is 140 cm³/mol. The van der Waals surface area contributed by atoms with Crippen LogP contribution in [0.3, 0.4) is 0 Å². The van der Waals surface area contributed by atoms with Crippen molar-refractivity contribution in [3.05, 3.63) is 48.8 Å². The minimum Gasteiger partial charge on any atom is -0.494 e. The zero-order chi connectivity index (χ0) is 25.3. The van der Waals surface area contributed by atoms with Crippen molar-refractivity contribution < 1.29 is 19.8 Å². The molecule has 1 unspecified atom stereocenters. The van der Waals surface area contributed by atoms with Crippen molar-refractivity contribution in [3.63, 3.8) is 0 Å². The number of hydrogen-bond donors (Lipinski definition) is 6. The molecule has 2 amide bonds. The normalized spacial score (nSPS) is 14.2. The minimum atomic E-state index is -0.283. The van der Waals surface area contributed by atoms with Crippen LogP contribution in [0.25, 0.3) is 5.69 Å². The van der Waals surface area contributed by atoms with Crippen LogP contribution in [0.4, 0.5) is 17.3 Å². The van der Waals surface area contributed by atoms with Crippen molar-refractivity contribution in [1.82, 2.24) is 14.5 Å². The summed E-state index contributed by atoms with van der Waals surface area (Å²) in [7, 11) is 0. The molecular weight excluding hydrogens is 516 g/mol. The number of halogens is 1. The molecule has 1 saturated heterocycles. The highest BCUT2D eigenvalue weighted by atomic mass is 35.5. The van der Waals surface area contributed by atoms with Gasteiger partial charge in [0.2, 0.25) is 11.8 Å². The van der Waals surface area contributed by atoms with Gasteiger partial charge in [-0.1, -0.05) is 0 Å². The molecule has 6 N–H and O–H groups in total. The number of nitrogens with one attached hydrogen (secondary N) is 2. The van der Waals surface area contributed by atoms with Crippen LogP contribution >= 0.6 is 36.8 Å². The zero-order valence-corrected chi connectivity index (χ0v) is 21.2. The van der Waals surface area contributed by atoms with Crippen molar-refractivity contribution in [2.75, 3.05) is 22.8 Å². The molecule has 1 aliphatic heterocycles. The molecule has 12 nitrogen and oxygen atoms in total. The van der Waals surface area contributed by atoms with Crippen LogP contribution in [0.15, 0.2) is 53.9 Å². The molecule has 0 radical (unpaired) electrons. The Kier molecular flexibility index (Phi) is 12.0. The molecule has 1 aliphatic rings. The van der Waals surface area contributed by atoms with E-state index in [9.17, 15) is 19.8 Å². The lowest BCUT2D eigenvalue weighted by atomic mass is 10.3. The first kappa shape index (κ1) is 29.7. The van der Waals surface area contributed by atoms with E-state index in [2.05, 4.69) is 33.1 Å². The molecule has 3 aromatic heterocycles. The summed E-state index contributed by atoms with van der Waals surface area (Å²) in [6.07, 6.45) is 6.62. The fraction of sp³-hybridized carbons (Fsp3) is 0.200. The maximum absolute atomic E-state index is 11.9. The Bertz CT molecular complexity index is 1110. The number of pyridine rings is 2. The highest BCUT2D eigenvalue weighted by Gasteiger charge is 2.39. The topological polar surface area (TPSA) is 183 Å². The standard InChI is InChI=1S/C10H12N4O2S.C9H8N4O2.CH4S.ClH/c1-17-7-4-9(15)14(10(7)16)6-2-3-8(13-11)12-5-6;10-12-7-2-1-6(5-11-7)13-8(14)3-4-9(13)15;1-2;/h2-3,5,7H,4,11H2,1H3,(H,12,13);1-5,10,14-15H;2H,1H3;1H. The van der Waals surface area contributed by atoms with Gasteiger partial charge in [0, 0.05) is 18.6 Å². The smallest absolute Gasteiger partial charge is 0.247 e. The quantitative estimate of drug-likeness (QED) is 0.0929. The van der Waals surface area contributed by atoms with Crippen molar-refractivity contribution in [3.8, 4) is 17.4 Å². The van der Waals surface area contributed by atoms with Gasteiger partial charge in [-0.15, -0.1) is 17.5 Å². The van der Waals surface area contributed by atoms with Crippen molar-refractivity contribution in [2.24, 2.45) is 11.0 Å². The Hall–Kier alpha value is -3.33. The van der Waals surface area contributed by atoms with E-state index in [4.69, 9.17) is 11.4 Å². The first-order valence-electron chi connectivity index (χ1n) is 9.60. The average Bonchev–Trinajstić information content (AvgIpc) is 3.37. The Labute approximate surface area is 217 Å². The number of nitrogens with two attached hydrogens (primary N) is 1. The van der Waals surface area contributed by atoms with E-state index in [-0.39, 0.29) is 53.5 Å². The van der Waals surface area contributed by atoms with Gasteiger partial charge in [-0.25, -0.2) is 26.2 Å². The number of anilines is 2. The van der Waals surface area contributed by atoms with Crippen LogP contribution < -0.4 is 16.2 Å². The number of aromatic nitrogens is 3. The van der Waals surface area contributed by atoms with Crippen molar-refractivity contribution in [1.29, 1.82) is 5.53 Å². The van der Waals surface area contributed by atoms with Crippen LogP contribution in [-0.2, 0) is 9.59 Å². The molecular formula is C20H25ClN8O4S2. The largest absolute Gasteiger partial charge is 0.494 e. The van der Waals surface area contributed by atoms with E-state index < -0.39 is 0 Å². The second-order valence-electron chi connectivity index (χ2n) is 6.41. The van der Waals surface area contributed by atoms with Gasteiger partial charge in [-0.3, -0.25) is 14.2 Å². The van der Waals surface area contributed by atoms with Gasteiger partial charge in [-0.2, -0.15) is 24.4 Å². The second-order valence-corrected chi connectivity index (χ2v) is 7.45. The number of nitrogen functional groups attached to an aromatic ring is 1. The third-order valence-electron chi connectivity index (χ3n) is 4.49. The average molecular weight is 541 g/mol. The van der Waals surface area contributed by atoms with Crippen LogP contribution in [0.1, 0.15) is 6.42 Å². The maximum Gasteiger partial charge on any atom is 0.247 e. The number of amides is 2. The highest BCUT2D eigenvalue weighted by molar-refractivity contribution is 8.00. The van der Waals surface area contributed by atoms with E-state index in [1.807, 2.05) is 6.26 Å². The van der Waals surface area contributed by atoms with Gasteiger partial charge in [0.15, 0.2) is 17.6 Å². The Morgan fingerprint density at radius 2 is 1.69 bits per heavy atom. The molecule has 0 saturated carbocycles. The molecule has 188 valence electrons. The number of carbonyl (C=O) groups excluding carboxylic acids is 2. The van der Waals surface area contributed by atoms with Gasteiger partial charge in [0.1, 0.15) is 5.82 Å². The number of rotatable bonds is 5. The number of thioether (sulfide) groups is 1. The Morgan fingerprint density at radius 3 is 2.11 bits per heavy atom. The maximum atomic E-state index is 11.9. The Morgan fingerprint density at radius 1 is 1.09 bits per heavy atom. The zero-order valence-electron chi connectivity index (χ0n) is 18.7. The summed E-state index contributed by atoms with van der Waals surface area (Å²) in [5.41, 5.74) is 10.1. The van der Waals surface area contributed by atoms with Crippen LogP contribution in [0.2, 0.25) is 0 Å². The highest BCUT2D eigenvalue weighted by Crippen LogP contribution is 2.28. The molecule has 4 rings (SSSR count). The molecule has 15 heteroatoms. The van der Waals surface area contributed by atoms with Gasteiger partial charge in [-0.05, 0) is 36.8 Å². The molecule has 0 aromatic carbocycles. The van der Waals surface area contributed by atoms with Crippen LogP contribution in [0, 0.1) is 5.53 Å². The number of hydrogen-bond acceptors (Lipinski definition) is 12. The molecule has 35 heavy (non-hydrogen) atoms.